The SMILES string of the molecule is c1ccc(-c2ccc(N(c3ccc(-c4ccc5ccccc5c4)cc3)c3ccc4c(c3)oc3ccc(-n5c6ccccc6c6ccccc65)cc34)cc2)cc1. The Labute approximate surface area is 318 Å². The zero-order valence-electron chi connectivity index (χ0n) is 29.9. The summed E-state index contributed by atoms with van der Waals surface area (Å²) < 4.78 is 8.98. The molecule has 0 aliphatic carbocycles. The highest BCUT2D eigenvalue weighted by Crippen LogP contribution is 2.41. The van der Waals surface area contributed by atoms with Gasteiger partial charge in [0.25, 0.3) is 0 Å². The summed E-state index contributed by atoms with van der Waals surface area (Å²) in [4.78, 5) is 2.31. The van der Waals surface area contributed by atoms with Crippen molar-refractivity contribution in [1.82, 2.24) is 4.57 Å². The van der Waals surface area contributed by atoms with Crippen molar-refractivity contribution in [1.29, 1.82) is 0 Å². The first-order valence-electron chi connectivity index (χ1n) is 18.7. The zero-order chi connectivity index (χ0) is 36.3. The van der Waals surface area contributed by atoms with E-state index in [1.807, 2.05) is 0 Å². The van der Waals surface area contributed by atoms with E-state index in [0.717, 1.165) is 44.7 Å². The molecular formula is C52H34N2O. The van der Waals surface area contributed by atoms with Crippen molar-refractivity contribution in [3.05, 3.63) is 206 Å². The van der Waals surface area contributed by atoms with E-state index in [4.69, 9.17) is 4.42 Å². The number of furan rings is 1. The normalized spacial score (nSPS) is 11.6. The molecule has 0 amide bonds. The molecule has 0 atom stereocenters. The van der Waals surface area contributed by atoms with Gasteiger partial charge in [-0.05, 0) is 106 Å². The third-order valence-corrected chi connectivity index (χ3v) is 11.0. The number of fused-ring (bicyclic) bond motifs is 7. The summed E-state index contributed by atoms with van der Waals surface area (Å²) in [5.41, 5.74) is 13.2. The first-order valence-corrected chi connectivity index (χ1v) is 18.7. The van der Waals surface area contributed by atoms with Crippen LogP contribution in [0.1, 0.15) is 0 Å². The molecule has 0 saturated heterocycles. The fourth-order valence-electron chi connectivity index (χ4n) is 8.29. The second kappa shape index (κ2) is 12.6. The van der Waals surface area contributed by atoms with Gasteiger partial charge >= 0.3 is 0 Å². The van der Waals surface area contributed by atoms with Gasteiger partial charge in [0.15, 0.2) is 0 Å². The van der Waals surface area contributed by atoms with Crippen molar-refractivity contribution in [2.24, 2.45) is 0 Å². The predicted octanol–water partition coefficient (Wildman–Crippen LogP) is 14.6. The number of rotatable bonds is 6. The third-order valence-electron chi connectivity index (χ3n) is 11.0. The lowest BCUT2D eigenvalue weighted by molar-refractivity contribution is 0.669. The molecule has 0 aliphatic heterocycles. The van der Waals surface area contributed by atoms with Crippen LogP contribution in [0.5, 0.6) is 0 Å². The second-order valence-corrected chi connectivity index (χ2v) is 14.2. The molecule has 0 N–H and O–H groups in total. The highest BCUT2D eigenvalue weighted by atomic mass is 16.3. The molecule has 2 aromatic heterocycles. The van der Waals surface area contributed by atoms with Crippen molar-refractivity contribution >= 4 is 71.6 Å². The van der Waals surface area contributed by atoms with E-state index >= 15 is 0 Å². The molecule has 2 heterocycles. The molecule has 0 spiro atoms. The number of hydrogen-bond acceptors (Lipinski definition) is 2. The number of aromatic nitrogens is 1. The lowest BCUT2D eigenvalue weighted by Crippen LogP contribution is -2.09. The Hall–Kier alpha value is -7.36. The van der Waals surface area contributed by atoms with Gasteiger partial charge in [0.2, 0.25) is 0 Å². The van der Waals surface area contributed by atoms with Crippen molar-refractivity contribution < 1.29 is 4.42 Å². The van der Waals surface area contributed by atoms with Crippen LogP contribution in [-0.4, -0.2) is 4.57 Å². The van der Waals surface area contributed by atoms with Crippen LogP contribution in [-0.2, 0) is 0 Å². The van der Waals surface area contributed by atoms with Crippen molar-refractivity contribution in [3.8, 4) is 27.9 Å². The Kier molecular flexibility index (Phi) is 7.17. The highest BCUT2D eigenvalue weighted by molar-refractivity contribution is 6.11. The van der Waals surface area contributed by atoms with E-state index in [1.54, 1.807) is 0 Å². The van der Waals surface area contributed by atoms with Crippen LogP contribution in [0.15, 0.2) is 211 Å². The average molecular weight is 703 g/mol. The molecule has 3 heteroatoms. The summed E-state index contributed by atoms with van der Waals surface area (Å²) in [6, 6.07) is 73.9. The number of para-hydroxylation sites is 2. The largest absolute Gasteiger partial charge is 0.456 e. The summed E-state index contributed by atoms with van der Waals surface area (Å²) in [5.74, 6) is 0. The fraction of sp³-hybridized carbons (Fsp3) is 0. The molecule has 0 aliphatic rings. The van der Waals surface area contributed by atoms with Crippen LogP contribution in [0.2, 0.25) is 0 Å². The Bertz CT molecular complexity index is 3140. The van der Waals surface area contributed by atoms with Gasteiger partial charge in [-0.3, -0.25) is 0 Å². The van der Waals surface area contributed by atoms with Gasteiger partial charge in [-0.25, -0.2) is 0 Å². The molecule has 3 nitrogen and oxygen atoms in total. The predicted molar refractivity (Wildman–Crippen MR) is 231 cm³/mol. The number of hydrogen-bond donors (Lipinski definition) is 0. The molecule has 0 unspecified atom stereocenters. The maximum atomic E-state index is 6.62. The average Bonchev–Trinajstić information content (AvgIpc) is 3.79. The van der Waals surface area contributed by atoms with Gasteiger partial charge in [-0.15, -0.1) is 0 Å². The summed E-state index contributed by atoms with van der Waals surface area (Å²) in [6.45, 7) is 0. The van der Waals surface area contributed by atoms with Crippen molar-refractivity contribution in [2.45, 2.75) is 0 Å². The zero-order valence-corrected chi connectivity index (χ0v) is 29.9. The fourth-order valence-corrected chi connectivity index (χ4v) is 8.29. The van der Waals surface area contributed by atoms with Crippen LogP contribution in [0.4, 0.5) is 17.1 Å². The monoisotopic (exact) mass is 702 g/mol. The maximum Gasteiger partial charge on any atom is 0.137 e. The molecule has 0 radical (unpaired) electrons. The number of nitrogens with zero attached hydrogens (tertiary/aromatic N) is 2. The molecule has 0 fully saturated rings. The van der Waals surface area contributed by atoms with Crippen LogP contribution in [0, 0.1) is 0 Å². The molecule has 55 heavy (non-hydrogen) atoms. The highest BCUT2D eigenvalue weighted by Gasteiger charge is 2.18. The third kappa shape index (κ3) is 5.28. The Balaban J connectivity index is 1.02. The summed E-state index contributed by atoms with van der Waals surface area (Å²) in [7, 11) is 0. The van der Waals surface area contributed by atoms with E-state index < -0.39 is 0 Å². The topological polar surface area (TPSA) is 21.3 Å². The minimum absolute atomic E-state index is 0.852. The van der Waals surface area contributed by atoms with Crippen molar-refractivity contribution in [3.63, 3.8) is 0 Å². The van der Waals surface area contributed by atoms with E-state index in [-0.39, 0.29) is 0 Å². The molecular weight excluding hydrogens is 669 g/mol. The number of anilines is 3. The molecule has 0 saturated carbocycles. The van der Waals surface area contributed by atoms with Crippen LogP contribution >= 0.6 is 0 Å². The maximum absolute atomic E-state index is 6.62. The first-order chi connectivity index (χ1) is 27.2. The Morgan fingerprint density at radius 2 is 0.891 bits per heavy atom. The van der Waals surface area contributed by atoms with Gasteiger partial charge in [0, 0.05) is 50.4 Å². The minimum Gasteiger partial charge on any atom is -0.456 e. The first kappa shape index (κ1) is 31.2. The van der Waals surface area contributed by atoms with E-state index in [2.05, 4.69) is 216 Å². The van der Waals surface area contributed by atoms with Gasteiger partial charge in [0.05, 0.1) is 11.0 Å². The van der Waals surface area contributed by atoms with Crippen LogP contribution < -0.4 is 4.90 Å². The second-order valence-electron chi connectivity index (χ2n) is 14.2. The van der Waals surface area contributed by atoms with E-state index in [9.17, 15) is 0 Å². The lowest BCUT2D eigenvalue weighted by atomic mass is 10.0. The van der Waals surface area contributed by atoms with Gasteiger partial charge in [0.1, 0.15) is 11.2 Å². The molecule has 258 valence electrons. The smallest absolute Gasteiger partial charge is 0.137 e. The van der Waals surface area contributed by atoms with Crippen LogP contribution in [0.25, 0.3) is 82.5 Å². The molecule has 9 aromatic carbocycles. The summed E-state index contributed by atoms with van der Waals surface area (Å²) in [6.07, 6.45) is 0. The quantitative estimate of drug-likeness (QED) is 0.172. The summed E-state index contributed by atoms with van der Waals surface area (Å²) in [5, 5.41) is 7.18. The Morgan fingerprint density at radius 1 is 0.327 bits per heavy atom. The lowest BCUT2D eigenvalue weighted by Gasteiger charge is -2.26. The van der Waals surface area contributed by atoms with E-state index in [1.165, 1.54) is 54.8 Å². The summed E-state index contributed by atoms with van der Waals surface area (Å²) >= 11 is 0. The van der Waals surface area contributed by atoms with Gasteiger partial charge in [-0.1, -0.05) is 127 Å². The van der Waals surface area contributed by atoms with Gasteiger partial charge < -0.3 is 13.9 Å². The Morgan fingerprint density at radius 3 is 1.60 bits per heavy atom. The standard InChI is InChI=1S/C52H34N2O/c1-2-10-35(11-3-1)37-20-24-41(25-21-37)53(42-26-22-38(23-27-42)40-19-18-36-12-4-5-13-39(36)32-40)44-28-30-47-48-33-43(29-31-51(48)55-52(47)34-44)54-49-16-8-6-14-45(49)46-15-7-9-17-50(46)54/h1-34H. The van der Waals surface area contributed by atoms with Gasteiger partial charge in [-0.2, -0.15) is 0 Å². The van der Waals surface area contributed by atoms with Crippen LogP contribution in [0.3, 0.4) is 0 Å². The minimum atomic E-state index is 0.852. The number of benzene rings is 9. The molecule has 11 aromatic rings. The van der Waals surface area contributed by atoms with Crippen molar-refractivity contribution in [2.75, 3.05) is 4.90 Å². The molecule has 11 rings (SSSR count). The van der Waals surface area contributed by atoms with E-state index in [0.29, 0.717) is 0 Å². The molecule has 0 bridgehead atoms.